The van der Waals surface area contributed by atoms with Crippen LogP contribution in [-0.4, -0.2) is 34.2 Å². The Morgan fingerprint density at radius 1 is 0.947 bits per heavy atom. The van der Waals surface area contributed by atoms with Gasteiger partial charge in [-0.2, -0.15) is 0 Å². The highest BCUT2D eigenvalue weighted by molar-refractivity contribution is 7.80. The van der Waals surface area contributed by atoms with Gasteiger partial charge in [0, 0.05) is 0 Å². The first-order valence-electron chi connectivity index (χ1n) is 4.42. The van der Waals surface area contributed by atoms with Crippen LogP contribution in [0.5, 0.6) is 0 Å². The first-order chi connectivity index (χ1) is 8.70. The van der Waals surface area contributed by atoms with Crippen LogP contribution in [0.3, 0.4) is 0 Å². The van der Waals surface area contributed by atoms with E-state index in [0.717, 1.165) is 0 Å². The third-order valence-electron chi connectivity index (χ3n) is 1.21. The molecule has 0 spiro atoms. The lowest BCUT2D eigenvalue weighted by Crippen LogP contribution is -2.39. The molecule has 19 heavy (non-hydrogen) atoms. The lowest BCUT2D eigenvalue weighted by Gasteiger charge is -2.07. The first kappa shape index (κ1) is 16.7. The van der Waals surface area contributed by atoms with Crippen LogP contribution in [-0.2, 0) is 19.1 Å². The van der Waals surface area contributed by atoms with Crippen LogP contribution < -0.4 is 22.1 Å². The van der Waals surface area contributed by atoms with Crippen molar-refractivity contribution in [3.05, 3.63) is 0 Å². The van der Waals surface area contributed by atoms with Crippen LogP contribution in [0, 0.1) is 10.8 Å². The van der Waals surface area contributed by atoms with Gasteiger partial charge in [0.25, 0.3) is 22.4 Å². The van der Waals surface area contributed by atoms with Crippen molar-refractivity contribution in [3.8, 4) is 0 Å². The summed E-state index contributed by atoms with van der Waals surface area (Å²) in [5.41, 5.74) is 9.72. The standard InChI is InChI=1S/C7H10N6O4S2/c8-4(9)16-6(18)12-2(14)1-3(15)13-7(19)17-5(10)11/h1H2,(H3,8,9)(H3,10,11)(H,12,14,18)(H,13,15,19). The van der Waals surface area contributed by atoms with Crippen LogP contribution in [0.2, 0.25) is 0 Å². The zero-order chi connectivity index (χ0) is 15.0. The molecule has 0 fully saturated rings. The fraction of sp³-hybridized carbons (Fsp3) is 0.143. The number of amidine groups is 2. The van der Waals surface area contributed by atoms with Crippen molar-refractivity contribution >= 4 is 58.6 Å². The van der Waals surface area contributed by atoms with Crippen molar-refractivity contribution in [1.82, 2.24) is 10.6 Å². The molecule has 0 radical (unpaired) electrons. The number of hydrogen-bond donors (Lipinski definition) is 6. The van der Waals surface area contributed by atoms with Gasteiger partial charge in [0.05, 0.1) is 0 Å². The Kier molecular flexibility index (Phi) is 6.91. The molecular formula is C7H10N6O4S2. The van der Waals surface area contributed by atoms with E-state index in [1.807, 2.05) is 10.6 Å². The topological polar surface area (TPSA) is 176 Å². The summed E-state index contributed by atoms with van der Waals surface area (Å²) in [4.78, 5) is 22.5. The number of carbonyl (C=O) groups excluding carboxylic acids is 2. The number of hydrogen-bond acceptors (Lipinski definition) is 8. The average molecular weight is 306 g/mol. The quantitative estimate of drug-likeness (QED) is 0.147. The molecule has 0 aliphatic rings. The molecule has 10 nitrogen and oxygen atoms in total. The van der Waals surface area contributed by atoms with Crippen LogP contribution in [0.25, 0.3) is 0 Å². The van der Waals surface area contributed by atoms with Gasteiger partial charge in [0.2, 0.25) is 11.8 Å². The fourth-order valence-corrected chi connectivity index (χ4v) is 1.12. The zero-order valence-electron chi connectivity index (χ0n) is 9.31. The Morgan fingerprint density at radius 3 is 1.53 bits per heavy atom. The van der Waals surface area contributed by atoms with Gasteiger partial charge in [-0.05, 0) is 24.4 Å². The SMILES string of the molecule is N=C(N)OC(=S)NC(=O)CC(=O)NC(=S)OC(=N)N. The van der Waals surface area contributed by atoms with E-state index in [1.54, 1.807) is 0 Å². The van der Waals surface area contributed by atoms with Gasteiger partial charge in [-0.15, -0.1) is 0 Å². The van der Waals surface area contributed by atoms with Crippen molar-refractivity contribution in [1.29, 1.82) is 10.8 Å². The number of ether oxygens (including phenoxy) is 2. The van der Waals surface area contributed by atoms with Crippen LogP contribution in [0.15, 0.2) is 0 Å². The number of thiocarbonyl (C=S) groups is 2. The number of nitrogens with one attached hydrogen (secondary N) is 4. The summed E-state index contributed by atoms with van der Waals surface area (Å²) >= 11 is 9.00. The Labute approximate surface area is 117 Å². The molecule has 0 saturated heterocycles. The van der Waals surface area contributed by atoms with Crippen molar-refractivity contribution in [2.75, 3.05) is 0 Å². The van der Waals surface area contributed by atoms with Gasteiger partial charge in [-0.3, -0.25) is 31.0 Å². The van der Waals surface area contributed by atoms with E-state index in [1.165, 1.54) is 0 Å². The van der Waals surface area contributed by atoms with Gasteiger partial charge < -0.3 is 20.9 Å². The molecule has 0 rings (SSSR count). The highest BCUT2D eigenvalue weighted by Gasteiger charge is 2.14. The largest absolute Gasteiger partial charge is 0.399 e. The second-order valence-corrected chi connectivity index (χ2v) is 3.52. The second-order valence-electron chi connectivity index (χ2n) is 2.78. The molecule has 0 unspecified atom stereocenters. The molecule has 0 saturated carbocycles. The highest BCUT2D eigenvalue weighted by Crippen LogP contribution is 1.86. The first-order valence-corrected chi connectivity index (χ1v) is 5.23. The Hall–Kier alpha value is -2.34. The monoisotopic (exact) mass is 306 g/mol. The molecule has 0 atom stereocenters. The fourth-order valence-electron chi connectivity index (χ4n) is 0.713. The minimum Gasteiger partial charge on any atom is -0.399 e. The average Bonchev–Trinajstić information content (AvgIpc) is 2.12. The number of rotatable bonds is 2. The molecule has 0 aromatic heterocycles. The van der Waals surface area contributed by atoms with Gasteiger partial charge >= 0.3 is 0 Å². The summed E-state index contributed by atoms with van der Waals surface area (Å²) in [5.74, 6) is -1.62. The van der Waals surface area contributed by atoms with Crippen molar-refractivity contribution in [2.24, 2.45) is 11.5 Å². The summed E-state index contributed by atoms with van der Waals surface area (Å²) in [5, 5.41) is 16.5. The number of carbonyl (C=O) groups is 2. The predicted octanol–water partition coefficient (Wildman–Crippen LogP) is -2.00. The van der Waals surface area contributed by atoms with E-state index in [9.17, 15) is 9.59 Å². The van der Waals surface area contributed by atoms with Crippen LogP contribution >= 0.6 is 24.4 Å². The Morgan fingerprint density at radius 2 is 1.26 bits per heavy atom. The lowest BCUT2D eigenvalue weighted by molar-refractivity contribution is -0.127. The van der Waals surface area contributed by atoms with E-state index < -0.39 is 40.6 Å². The molecule has 0 aliphatic heterocycles. The molecule has 0 aromatic carbocycles. The van der Waals surface area contributed by atoms with Crippen molar-refractivity contribution in [3.63, 3.8) is 0 Å². The summed E-state index contributed by atoms with van der Waals surface area (Å²) in [7, 11) is 0. The summed E-state index contributed by atoms with van der Waals surface area (Å²) in [6, 6.07) is -1.41. The molecule has 0 heterocycles. The molecule has 2 amide bonds. The summed E-state index contributed by atoms with van der Waals surface area (Å²) in [6.45, 7) is 0. The third-order valence-corrected chi connectivity index (χ3v) is 1.58. The normalized spacial score (nSPS) is 8.84. The van der Waals surface area contributed by atoms with E-state index in [2.05, 4.69) is 33.9 Å². The van der Waals surface area contributed by atoms with Crippen LogP contribution in [0.4, 0.5) is 0 Å². The van der Waals surface area contributed by atoms with Gasteiger partial charge in [-0.25, -0.2) is 0 Å². The lowest BCUT2D eigenvalue weighted by atomic mass is 10.4. The third kappa shape index (κ3) is 9.37. The maximum absolute atomic E-state index is 11.2. The number of nitrogens with two attached hydrogens (primary N) is 2. The van der Waals surface area contributed by atoms with Crippen molar-refractivity contribution < 1.29 is 19.1 Å². The molecular weight excluding hydrogens is 296 g/mol. The molecule has 0 aliphatic carbocycles. The van der Waals surface area contributed by atoms with E-state index in [0.29, 0.717) is 0 Å². The molecule has 104 valence electrons. The molecule has 0 bridgehead atoms. The maximum atomic E-state index is 11.2. The Balaban J connectivity index is 4.09. The van der Waals surface area contributed by atoms with Crippen LogP contribution in [0.1, 0.15) is 6.42 Å². The van der Waals surface area contributed by atoms with E-state index in [4.69, 9.17) is 22.3 Å². The van der Waals surface area contributed by atoms with E-state index in [-0.39, 0.29) is 0 Å². The molecule has 8 N–H and O–H groups in total. The summed E-state index contributed by atoms with van der Waals surface area (Å²) in [6.07, 6.45) is -0.636. The van der Waals surface area contributed by atoms with Gasteiger partial charge in [0.15, 0.2) is 0 Å². The minimum atomic E-state index is -0.811. The predicted molar refractivity (Wildman–Crippen MR) is 72.1 cm³/mol. The number of amides is 2. The molecule has 12 heteroatoms. The summed E-state index contributed by atoms with van der Waals surface area (Å²) < 4.78 is 8.74. The molecule has 0 aromatic rings. The minimum absolute atomic E-state index is 0.465. The maximum Gasteiger partial charge on any atom is 0.286 e. The smallest absolute Gasteiger partial charge is 0.286 e. The Bertz CT molecular complexity index is 411. The highest BCUT2D eigenvalue weighted by atomic mass is 32.1. The van der Waals surface area contributed by atoms with Gasteiger partial charge in [-0.1, -0.05) is 0 Å². The van der Waals surface area contributed by atoms with E-state index >= 15 is 0 Å². The second kappa shape index (κ2) is 7.88. The van der Waals surface area contributed by atoms with Gasteiger partial charge in [0.1, 0.15) is 6.42 Å². The van der Waals surface area contributed by atoms with Crippen molar-refractivity contribution in [2.45, 2.75) is 6.42 Å². The zero-order valence-corrected chi connectivity index (χ0v) is 10.9.